The van der Waals surface area contributed by atoms with E-state index in [9.17, 15) is 19.8 Å². The zero-order valence-electron chi connectivity index (χ0n) is 12.0. The molecule has 0 radical (unpaired) electrons. The third-order valence-corrected chi connectivity index (χ3v) is 2.49. The second-order valence-corrected chi connectivity index (χ2v) is 5.61. The van der Waals surface area contributed by atoms with Crippen molar-refractivity contribution in [2.45, 2.75) is 39.3 Å². The number of amides is 2. The highest BCUT2D eigenvalue weighted by Gasteiger charge is 2.23. The van der Waals surface area contributed by atoms with Crippen molar-refractivity contribution in [3.05, 3.63) is 23.8 Å². The highest BCUT2D eigenvalue weighted by atomic mass is 16.3. The Morgan fingerprint density at radius 1 is 1.15 bits per heavy atom. The third-order valence-electron chi connectivity index (χ3n) is 2.49. The molecule has 1 rings (SSSR count). The molecule has 1 unspecified atom stereocenters. The summed E-state index contributed by atoms with van der Waals surface area (Å²) in [6.45, 7) is 7.01. The van der Waals surface area contributed by atoms with Crippen LogP contribution in [0, 0.1) is 0 Å². The van der Waals surface area contributed by atoms with Crippen LogP contribution in [0.5, 0.6) is 11.5 Å². The molecule has 0 bridgehead atoms. The van der Waals surface area contributed by atoms with Gasteiger partial charge in [0.2, 0.25) is 5.91 Å². The van der Waals surface area contributed by atoms with Crippen molar-refractivity contribution in [1.82, 2.24) is 10.6 Å². The van der Waals surface area contributed by atoms with Gasteiger partial charge in [-0.2, -0.15) is 0 Å². The molecule has 1 atom stereocenters. The molecule has 0 saturated heterocycles. The van der Waals surface area contributed by atoms with Gasteiger partial charge in [0.1, 0.15) is 23.1 Å². The molecule has 1 aromatic carbocycles. The monoisotopic (exact) mass is 280 g/mol. The van der Waals surface area contributed by atoms with Crippen LogP contribution in [0.4, 0.5) is 0 Å². The van der Waals surface area contributed by atoms with Gasteiger partial charge in [-0.3, -0.25) is 9.59 Å². The number of carbonyl (C=O) groups is 2. The minimum absolute atomic E-state index is 0.247. The Morgan fingerprint density at radius 2 is 1.65 bits per heavy atom. The molecule has 2 amide bonds. The lowest BCUT2D eigenvalue weighted by Crippen LogP contribution is -2.50. The van der Waals surface area contributed by atoms with Crippen molar-refractivity contribution in [1.29, 1.82) is 0 Å². The van der Waals surface area contributed by atoms with E-state index in [4.69, 9.17) is 0 Å². The van der Waals surface area contributed by atoms with Gasteiger partial charge in [0.25, 0.3) is 5.91 Å². The summed E-state index contributed by atoms with van der Waals surface area (Å²) >= 11 is 0. The quantitative estimate of drug-likeness (QED) is 0.667. The summed E-state index contributed by atoms with van der Waals surface area (Å²) in [7, 11) is 0. The van der Waals surface area contributed by atoms with Gasteiger partial charge >= 0.3 is 0 Å². The maximum Gasteiger partial charge on any atom is 0.259 e. The van der Waals surface area contributed by atoms with Crippen LogP contribution in [0.1, 0.15) is 38.1 Å². The maximum absolute atomic E-state index is 12.0. The normalized spacial score (nSPS) is 12.6. The number of hydrogen-bond acceptors (Lipinski definition) is 4. The largest absolute Gasteiger partial charge is 0.507 e. The second kappa shape index (κ2) is 5.81. The fourth-order valence-corrected chi connectivity index (χ4v) is 1.57. The minimum atomic E-state index is -0.791. The smallest absolute Gasteiger partial charge is 0.259 e. The number of hydrogen-bond donors (Lipinski definition) is 4. The van der Waals surface area contributed by atoms with Crippen LogP contribution in [0.25, 0.3) is 0 Å². The molecule has 0 aliphatic heterocycles. The molecule has 6 heteroatoms. The summed E-state index contributed by atoms with van der Waals surface area (Å²) in [5, 5.41) is 24.3. The molecule has 0 saturated carbocycles. The van der Waals surface area contributed by atoms with Crippen LogP contribution in [0.2, 0.25) is 0 Å². The average molecular weight is 280 g/mol. The maximum atomic E-state index is 12.0. The average Bonchev–Trinajstić information content (AvgIpc) is 2.26. The molecule has 0 heterocycles. The molecule has 0 aliphatic rings. The van der Waals surface area contributed by atoms with Crippen LogP contribution >= 0.6 is 0 Å². The van der Waals surface area contributed by atoms with E-state index in [2.05, 4.69) is 10.6 Å². The van der Waals surface area contributed by atoms with Gasteiger partial charge in [-0.15, -0.1) is 0 Å². The summed E-state index contributed by atoms with van der Waals surface area (Å²) in [5.41, 5.74) is -0.657. The first-order chi connectivity index (χ1) is 9.11. The van der Waals surface area contributed by atoms with Crippen LogP contribution < -0.4 is 10.6 Å². The van der Waals surface area contributed by atoms with Gasteiger partial charge in [0.15, 0.2) is 0 Å². The molecule has 1 aromatic rings. The Labute approximate surface area is 117 Å². The molecule has 0 spiro atoms. The highest BCUT2D eigenvalue weighted by molar-refractivity contribution is 6.01. The number of rotatable bonds is 3. The fourth-order valence-electron chi connectivity index (χ4n) is 1.57. The van der Waals surface area contributed by atoms with Crippen molar-refractivity contribution >= 4 is 11.8 Å². The zero-order valence-corrected chi connectivity index (χ0v) is 12.0. The number of phenolic OH excluding ortho intramolecular Hbond substituents is 2. The standard InChI is InChI=1S/C14H20N2O4/c1-8(12(19)16-14(2,3)4)15-13(20)11-9(17)6-5-7-10(11)18/h5-8,17-18H,1-4H3,(H,15,20)(H,16,19). The van der Waals surface area contributed by atoms with Crippen molar-refractivity contribution in [3.63, 3.8) is 0 Å². The van der Waals surface area contributed by atoms with Crippen molar-refractivity contribution in [2.75, 3.05) is 0 Å². The molecular weight excluding hydrogens is 260 g/mol. The first-order valence-electron chi connectivity index (χ1n) is 6.25. The Balaban J connectivity index is 2.78. The van der Waals surface area contributed by atoms with Crippen LogP contribution in [-0.2, 0) is 4.79 Å². The lowest BCUT2D eigenvalue weighted by molar-refractivity contribution is -0.124. The molecule has 0 aliphatic carbocycles. The van der Waals surface area contributed by atoms with Crippen LogP contribution in [-0.4, -0.2) is 33.6 Å². The molecule has 20 heavy (non-hydrogen) atoms. The van der Waals surface area contributed by atoms with E-state index >= 15 is 0 Å². The Kier molecular flexibility index (Phi) is 4.60. The van der Waals surface area contributed by atoms with Gasteiger partial charge in [0, 0.05) is 5.54 Å². The SMILES string of the molecule is CC(NC(=O)c1c(O)cccc1O)C(=O)NC(C)(C)C. The van der Waals surface area contributed by atoms with E-state index in [1.807, 2.05) is 20.8 Å². The summed E-state index contributed by atoms with van der Waals surface area (Å²) in [4.78, 5) is 23.8. The van der Waals surface area contributed by atoms with Gasteiger partial charge in [0.05, 0.1) is 0 Å². The highest BCUT2D eigenvalue weighted by Crippen LogP contribution is 2.25. The second-order valence-electron chi connectivity index (χ2n) is 5.61. The third kappa shape index (κ3) is 4.15. The summed E-state index contributed by atoms with van der Waals surface area (Å²) in [5.74, 6) is -1.74. The van der Waals surface area contributed by atoms with Gasteiger partial charge < -0.3 is 20.8 Å². The predicted octanol–water partition coefficient (Wildman–Crippen LogP) is 1.13. The first kappa shape index (κ1) is 15.8. The molecule has 110 valence electrons. The van der Waals surface area contributed by atoms with Crippen molar-refractivity contribution in [2.24, 2.45) is 0 Å². The number of nitrogens with one attached hydrogen (secondary N) is 2. The van der Waals surface area contributed by atoms with Crippen LogP contribution in [0.15, 0.2) is 18.2 Å². The number of carbonyl (C=O) groups excluding carboxylic acids is 2. The van der Waals surface area contributed by atoms with Gasteiger partial charge in [-0.25, -0.2) is 0 Å². The molecular formula is C14H20N2O4. The Hall–Kier alpha value is -2.24. The van der Waals surface area contributed by atoms with E-state index in [0.717, 1.165) is 0 Å². The molecule has 0 fully saturated rings. The first-order valence-corrected chi connectivity index (χ1v) is 6.25. The number of phenols is 2. The van der Waals surface area contributed by atoms with E-state index in [1.165, 1.54) is 25.1 Å². The van der Waals surface area contributed by atoms with E-state index < -0.39 is 17.5 Å². The van der Waals surface area contributed by atoms with Crippen molar-refractivity contribution < 1.29 is 19.8 Å². The predicted molar refractivity (Wildman–Crippen MR) is 74.6 cm³/mol. The Morgan fingerprint density at radius 3 is 2.10 bits per heavy atom. The summed E-state index contributed by atoms with van der Waals surface area (Å²) in [6.07, 6.45) is 0. The summed E-state index contributed by atoms with van der Waals surface area (Å²) in [6, 6.07) is 3.20. The Bertz CT molecular complexity index is 500. The molecule has 4 N–H and O–H groups in total. The lowest BCUT2D eigenvalue weighted by atomic mass is 10.1. The molecule has 0 aromatic heterocycles. The van der Waals surface area contributed by atoms with E-state index in [1.54, 1.807) is 0 Å². The summed E-state index contributed by atoms with van der Waals surface area (Å²) < 4.78 is 0. The number of aromatic hydroxyl groups is 2. The van der Waals surface area contributed by atoms with Crippen LogP contribution in [0.3, 0.4) is 0 Å². The van der Waals surface area contributed by atoms with Gasteiger partial charge in [-0.1, -0.05) is 6.07 Å². The van der Waals surface area contributed by atoms with Crippen molar-refractivity contribution in [3.8, 4) is 11.5 Å². The minimum Gasteiger partial charge on any atom is -0.507 e. The van der Waals surface area contributed by atoms with E-state index in [-0.39, 0.29) is 23.0 Å². The topological polar surface area (TPSA) is 98.7 Å². The zero-order chi connectivity index (χ0) is 15.5. The molecule has 6 nitrogen and oxygen atoms in total. The van der Waals surface area contributed by atoms with Gasteiger partial charge in [-0.05, 0) is 39.8 Å². The lowest BCUT2D eigenvalue weighted by Gasteiger charge is -2.23. The fraction of sp³-hybridized carbons (Fsp3) is 0.429. The number of benzene rings is 1. The van der Waals surface area contributed by atoms with E-state index in [0.29, 0.717) is 0 Å².